The van der Waals surface area contributed by atoms with Gasteiger partial charge >= 0.3 is 0 Å². The molecular formula is C7H16O2S. The molecular weight excluding hydrogens is 148 g/mol. The highest BCUT2D eigenvalue weighted by molar-refractivity contribution is 7.80. The minimum Gasteiger partial charge on any atom is -0.390 e. The first-order valence-electron chi connectivity index (χ1n) is 3.44. The van der Waals surface area contributed by atoms with Crippen LogP contribution in [0.25, 0.3) is 0 Å². The third kappa shape index (κ3) is 8.27. The molecule has 10 heavy (non-hydrogen) atoms. The Balaban J connectivity index is 3.21. The van der Waals surface area contributed by atoms with Gasteiger partial charge in [-0.2, -0.15) is 0 Å². The third-order valence-electron chi connectivity index (χ3n) is 1.07. The zero-order chi connectivity index (χ0) is 8.20. The molecule has 0 spiro atoms. The monoisotopic (exact) mass is 164 g/mol. The normalized spacial score (nSPS) is 15.3. The molecule has 0 aromatic carbocycles. The molecule has 62 valence electrons. The van der Waals surface area contributed by atoms with Gasteiger partial charge in [-0.25, -0.2) is 0 Å². The molecule has 2 nitrogen and oxygen atoms in total. The van der Waals surface area contributed by atoms with Crippen LogP contribution < -0.4 is 0 Å². The van der Waals surface area contributed by atoms with Crippen LogP contribution in [0.5, 0.6) is 0 Å². The Hall–Kier alpha value is 0.270. The summed E-state index contributed by atoms with van der Waals surface area (Å²) in [5, 5.41) is 9.23. The van der Waals surface area contributed by atoms with Crippen molar-refractivity contribution in [2.75, 3.05) is 6.61 Å². The smallest absolute Gasteiger partial charge is 0.0971 e. The van der Waals surface area contributed by atoms with Crippen molar-refractivity contribution in [3.8, 4) is 0 Å². The van der Waals surface area contributed by atoms with Gasteiger partial charge in [-0.3, -0.25) is 0 Å². The number of thiol groups is 1. The summed E-state index contributed by atoms with van der Waals surface area (Å²) in [4.78, 5) is 0. The molecule has 0 radical (unpaired) electrons. The lowest BCUT2D eigenvalue weighted by molar-refractivity contribution is 0.0255. The van der Waals surface area contributed by atoms with Crippen LogP contribution in [-0.4, -0.2) is 22.8 Å². The maximum Gasteiger partial charge on any atom is 0.0971 e. The highest BCUT2D eigenvalue weighted by atomic mass is 32.1. The Morgan fingerprint density at radius 3 is 2.40 bits per heavy atom. The van der Waals surface area contributed by atoms with Crippen LogP contribution in [0, 0.1) is 0 Å². The van der Waals surface area contributed by atoms with E-state index in [9.17, 15) is 5.11 Å². The van der Waals surface area contributed by atoms with E-state index in [2.05, 4.69) is 12.6 Å². The largest absolute Gasteiger partial charge is 0.390 e. The molecule has 0 fully saturated rings. The van der Waals surface area contributed by atoms with Gasteiger partial charge in [0, 0.05) is 0 Å². The van der Waals surface area contributed by atoms with Crippen molar-refractivity contribution in [2.24, 2.45) is 0 Å². The zero-order valence-corrected chi connectivity index (χ0v) is 7.69. The fourth-order valence-electron chi connectivity index (χ4n) is 0.479. The minimum absolute atomic E-state index is 0.0395. The van der Waals surface area contributed by atoms with Crippen LogP contribution in [0.3, 0.4) is 0 Å². The summed E-state index contributed by atoms with van der Waals surface area (Å²) in [6.45, 7) is 5.95. The molecule has 0 amide bonds. The summed E-state index contributed by atoms with van der Waals surface area (Å²) < 4.78 is 5.12. The molecule has 1 atom stereocenters. The number of rotatable bonds is 4. The molecule has 0 aliphatic carbocycles. The fourth-order valence-corrected chi connectivity index (χ4v) is 0.585. The van der Waals surface area contributed by atoms with Gasteiger partial charge in [0.05, 0.1) is 17.6 Å². The van der Waals surface area contributed by atoms with Crippen LogP contribution in [0.1, 0.15) is 27.2 Å². The number of hydrogen-bond acceptors (Lipinski definition) is 3. The van der Waals surface area contributed by atoms with E-state index in [1.165, 1.54) is 0 Å². The van der Waals surface area contributed by atoms with Crippen molar-refractivity contribution in [3.63, 3.8) is 0 Å². The molecule has 3 heteroatoms. The Bertz CT molecular complexity index is 86.1. The first kappa shape index (κ1) is 10.3. The van der Waals surface area contributed by atoms with Gasteiger partial charge in [-0.05, 0) is 27.2 Å². The molecule has 0 heterocycles. The highest BCUT2D eigenvalue weighted by Crippen LogP contribution is 2.08. The zero-order valence-electron chi connectivity index (χ0n) is 6.79. The van der Waals surface area contributed by atoms with Crippen LogP contribution in [0.15, 0.2) is 0 Å². The van der Waals surface area contributed by atoms with E-state index in [1.807, 2.05) is 6.92 Å². The van der Waals surface area contributed by atoms with Gasteiger partial charge in [-0.15, -0.1) is 12.6 Å². The molecule has 0 aliphatic heterocycles. The van der Waals surface area contributed by atoms with Crippen LogP contribution in [0.4, 0.5) is 0 Å². The van der Waals surface area contributed by atoms with Gasteiger partial charge in [0.25, 0.3) is 0 Å². The van der Waals surface area contributed by atoms with Crippen molar-refractivity contribution in [3.05, 3.63) is 0 Å². The summed E-state index contributed by atoms with van der Waals surface area (Å²) in [5.41, 5.74) is -0.662. The maximum atomic E-state index is 9.23. The first-order valence-corrected chi connectivity index (χ1v) is 3.95. The Morgan fingerprint density at radius 1 is 1.60 bits per heavy atom. The van der Waals surface area contributed by atoms with Gasteiger partial charge in [0.15, 0.2) is 0 Å². The summed E-state index contributed by atoms with van der Waals surface area (Å²) in [5.74, 6) is 0. The maximum absolute atomic E-state index is 9.23. The minimum atomic E-state index is -0.622. The topological polar surface area (TPSA) is 29.5 Å². The molecule has 0 rings (SSSR count). The van der Waals surface area contributed by atoms with Gasteiger partial charge in [0.1, 0.15) is 0 Å². The van der Waals surface area contributed by atoms with Gasteiger partial charge in [-0.1, -0.05) is 0 Å². The van der Waals surface area contributed by atoms with E-state index < -0.39 is 5.60 Å². The van der Waals surface area contributed by atoms with E-state index in [1.54, 1.807) is 13.8 Å². The van der Waals surface area contributed by atoms with Gasteiger partial charge in [0.2, 0.25) is 0 Å². The molecule has 1 N–H and O–H groups in total. The highest BCUT2D eigenvalue weighted by Gasteiger charge is 2.11. The van der Waals surface area contributed by atoms with Crippen molar-refractivity contribution in [1.29, 1.82) is 0 Å². The van der Waals surface area contributed by atoms with E-state index in [-0.39, 0.29) is 5.44 Å². The number of aliphatic hydroxyl groups is 1. The standard InChI is InChI=1S/C7H16O2S/c1-6(10)9-5-4-7(2,3)8/h6,8,10H,4-5H2,1-3H3. The summed E-state index contributed by atoms with van der Waals surface area (Å²) in [6, 6.07) is 0. The second-order valence-electron chi connectivity index (χ2n) is 3.03. The lowest BCUT2D eigenvalue weighted by atomic mass is 10.1. The molecule has 0 bridgehead atoms. The van der Waals surface area contributed by atoms with Gasteiger partial charge < -0.3 is 9.84 Å². The molecule has 0 aliphatic rings. The van der Waals surface area contributed by atoms with E-state index in [4.69, 9.17) is 4.74 Å². The quantitative estimate of drug-likeness (QED) is 0.486. The Kier molecular flexibility index (Phi) is 4.32. The van der Waals surface area contributed by atoms with Crippen molar-refractivity contribution >= 4 is 12.6 Å². The second-order valence-corrected chi connectivity index (χ2v) is 3.76. The van der Waals surface area contributed by atoms with E-state index >= 15 is 0 Å². The van der Waals surface area contributed by atoms with Crippen molar-refractivity contribution < 1.29 is 9.84 Å². The predicted octanol–water partition coefficient (Wildman–Crippen LogP) is 1.44. The Labute approximate surface area is 68.0 Å². The van der Waals surface area contributed by atoms with Crippen LogP contribution in [0.2, 0.25) is 0 Å². The van der Waals surface area contributed by atoms with E-state index in [0.29, 0.717) is 13.0 Å². The first-order chi connectivity index (χ1) is 4.42. The lowest BCUT2D eigenvalue weighted by Crippen LogP contribution is -2.21. The summed E-state index contributed by atoms with van der Waals surface area (Å²) in [6.07, 6.45) is 0.651. The molecule has 1 unspecified atom stereocenters. The summed E-state index contributed by atoms with van der Waals surface area (Å²) in [7, 11) is 0. The molecule has 0 aromatic rings. The number of ether oxygens (including phenoxy) is 1. The van der Waals surface area contributed by atoms with Crippen molar-refractivity contribution in [1.82, 2.24) is 0 Å². The third-order valence-corrected chi connectivity index (χ3v) is 1.22. The lowest BCUT2D eigenvalue weighted by Gasteiger charge is -2.17. The molecule has 0 saturated carbocycles. The number of hydrogen-bond donors (Lipinski definition) is 2. The van der Waals surface area contributed by atoms with Crippen molar-refractivity contribution in [2.45, 2.75) is 38.2 Å². The molecule has 0 saturated heterocycles. The van der Waals surface area contributed by atoms with Crippen LogP contribution >= 0.6 is 12.6 Å². The average Bonchev–Trinajstić information content (AvgIpc) is 1.59. The second kappa shape index (κ2) is 4.21. The SMILES string of the molecule is CC(S)OCCC(C)(C)O. The average molecular weight is 164 g/mol. The summed E-state index contributed by atoms with van der Waals surface area (Å²) >= 11 is 4.02. The fraction of sp³-hybridized carbons (Fsp3) is 1.00. The van der Waals surface area contributed by atoms with E-state index in [0.717, 1.165) is 0 Å². The molecule has 0 aromatic heterocycles. The Morgan fingerprint density at radius 2 is 2.10 bits per heavy atom. The van der Waals surface area contributed by atoms with Crippen LogP contribution in [-0.2, 0) is 4.74 Å². The predicted molar refractivity (Wildman–Crippen MR) is 45.3 cm³/mol.